The van der Waals surface area contributed by atoms with E-state index in [4.69, 9.17) is 0 Å². The van der Waals surface area contributed by atoms with Gasteiger partial charge in [0.25, 0.3) is 0 Å². The summed E-state index contributed by atoms with van der Waals surface area (Å²) in [5.41, 5.74) is 1.12. The van der Waals surface area contributed by atoms with Crippen molar-refractivity contribution in [2.24, 2.45) is 5.92 Å². The maximum atomic E-state index is 14.0. The summed E-state index contributed by atoms with van der Waals surface area (Å²) in [5.74, 6) is 0.371. The Morgan fingerprint density at radius 3 is 2.53 bits per heavy atom. The van der Waals surface area contributed by atoms with Crippen LogP contribution >= 0.6 is 11.8 Å². The highest BCUT2D eigenvalue weighted by Gasteiger charge is 2.46. The van der Waals surface area contributed by atoms with Gasteiger partial charge in [-0.2, -0.15) is 0 Å². The molecule has 4 rings (SSSR count). The number of nitrogens with one attached hydrogen (secondary N) is 3. The number of thioether (sulfide) groups is 1. The number of benzene rings is 1. The molecule has 4 amide bonds. The van der Waals surface area contributed by atoms with Crippen molar-refractivity contribution in [1.29, 1.82) is 0 Å². The monoisotopic (exact) mass is 543 g/mol. The van der Waals surface area contributed by atoms with E-state index in [1.54, 1.807) is 35.5 Å². The van der Waals surface area contributed by atoms with E-state index in [2.05, 4.69) is 28.1 Å². The molecular formula is C28H41N5O4S. The first-order valence-corrected chi connectivity index (χ1v) is 14.8. The van der Waals surface area contributed by atoms with Crippen molar-refractivity contribution < 1.29 is 19.2 Å². The fourth-order valence-electron chi connectivity index (χ4n) is 5.63. The molecule has 9 nitrogen and oxygen atoms in total. The summed E-state index contributed by atoms with van der Waals surface area (Å²) in [7, 11) is 1.68. The first kappa shape index (κ1) is 28.4. The highest BCUT2D eigenvalue weighted by molar-refractivity contribution is 7.99. The van der Waals surface area contributed by atoms with E-state index < -0.39 is 18.1 Å². The Kier molecular flexibility index (Phi) is 9.36. The quantitative estimate of drug-likeness (QED) is 0.486. The number of hydrogen-bond acceptors (Lipinski definition) is 6. The summed E-state index contributed by atoms with van der Waals surface area (Å²) in [6, 6.07) is 5.91. The highest BCUT2D eigenvalue weighted by Crippen LogP contribution is 2.37. The second-order valence-corrected chi connectivity index (χ2v) is 12.2. The third kappa shape index (κ3) is 6.34. The number of rotatable bonds is 7. The lowest BCUT2D eigenvalue weighted by Crippen LogP contribution is -2.62. The fraction of sp³-hybridized carbons (Fsp3) is 0.643. The molecule has 0 spiro atoms. The molecule has 208 valence electrons. The predicted octanol–water partition coefficient (Wildman–Crippen LogP) is 2.07. The molecule has 0 bridgehead atoms. The topological polar surface area (TPSA) is 111 Å². The van der Waals surface area contributed by atoms with Crippen LogP contribution < -0.4 is 16.0 Å². The highest BCUT2D eigenvalue weighted by atomic mass is 32.2. The second-order valence-electron chi connectivity index (χ2n) is 11.0. The molecule has 2 saturated heterocycles. The van der Waals surface area contributed by atoms with Gasteiger partial charge in [-0.25, -0.2) is 0 Å². The molecule has 1 aromatic rings. The van der Waals surface area contributed by atoms with E-state index in [0.29, 0.717) is 32.2 Å². The van der Waals surface area contributed by atoms with Crippen LogP contribution in [-0.4, -0.2) is 83.5 Å². The first-order valence-electron chi connectivity index (χ1n) is 13.8. The largest absolute Gasteiger partial charge is 0.347 e. The zero-order chi connectivity index (χ0) is 27.4. The van der Waals surface area contributed by atoms with Crippen LogP contribution in [0.3, 0.4) is 0 Å². The van der Waals surface area contributed by atoms with E-state index >= 15 is 0 Å². The Bertz CT molecular complexity index is 1050. The Labute approximate surface area is 229 Å². The van der Waals surface area contributed by atoms with Crippen LogP contribution in [0.15, 0.2) is 29.2 Å². The maximum Gasteiger partial charge on any atom is 0.247 e. The molecule has 0 radical (unpaired) electrons. The summed E-state index contributed by atoms with van der Waals surface area (Å²) in [4.78, 5) is 58.0. The maximum absolute atomic E-state index is 14.0. The van der Waals surface area contributed by atoms with Crippen LogP contribution in [-0.2, 0) is 19.2 Å². The molecule has 1 unspecified atom stereocenters. The fourth-order valence-corrected chi connectivity index (χ4v) is 6.76. The van der Waals surface area contributed by atoms with E-state index in [9.17, 15) is 19.2 Å². The smallest absolute Gasteiger partial charge is 0.247 e. The number of carbonyl (C=O) groups is 4. The van der Waals surface area contributed by atoms with Gasteiger partial charge in [0.2, 0.25) is 23.6 Å². The van der Waals surface area contributed by atoms with Crippen LogP contribution in [0.1, 0.15) is 64.5 Å². The Hall–Kier alpha value is -2.59. The van der Waals surface area contributed by atoms with Gasteiger partial charge in [-0.15, -0.1) is 11.8 Å². The number of fused-ring (bicyclic) bond motifs is 2. The van der Waals surface area contributed by atoms with Crippen molar-refractivity contribution >= 4 is 35.4 Å². The normalized spacial score (nSPS) is 26.2. The number of nitrogens with zero attached hydrogens (tertiary/aromatic N) is 2. The average molecular weight is 544 g/mol. The molecule has 2 fully saturated rings. The molecule has 3 aliphatic rings. The molecule has 3 heterocycles. The lowest BCUT2D eigenvalue weighted by molar-refractivity contribution is -0.147. The number of carbonyl (C=O) groups excluding carboxylic acids is 4. The van der Waals surface area contributed by atoms with Crippen molar-refractivity contribution in [1.82, 2.24) is 25.8 Å². The van der Waals surface area contributed by atoms with Crippen LogP contribution in [0, 0.1) is 5.92 Å². The second kappa shape index (κ2) is 12.5. The van der Waals surface area contributed by atoms with E-state index in [-0.39, 0.29) is 48.2 Å². The lowest BCUT2D eigenvalue weighted by atomic mass is 10.0. The molecule has 3 N–H and O–H groups in total. The molecule has 0 saturated carbocycles. The zero-order valence-electron chi connectivity index (χ0n) is 22.9. The van der Waals surface area contributed by atoms with Crippen molar-refractivity contribution in [2.45, 2.75) is 88.0 Å². The molecule has 5 atom stereocenters. The lowest BCUT2D eigenvalue weighted by Gasteiger charge is -2.39. The van der Waals surface area contributed by atoms with Crippen molar-refractivity contribution in [3.8, 4) is 0 Å². The minimum atomic E-state index is -0.905. The molecular weight excluding hydrogens is 502 g/mol. The summed E-state index contributed by atoms with van der Waals surface area (Å²) in [6.45, 7) is 6.31. The minimum Gasteiger partial charge on any atom is -0.347 e. The van der Waals surface area contributed by atoms with Gasteiger partial charge in [-0.1, -0.05) is 32.0 Å². The zero-order valence-corrected chi connectivity index (χ0v) is 23.7. The van der Waals surface area contributed by atoms with Gasteiger partial charge in [0.1, 0.15) is 12.1 Å². The van der Waals surface area contributed by atoms with Gasteiger partial charge in [0.15, 0.2) is 0 Å². The number of hydrogen-bond donors (Lipinski definition) is 3. The Morgan fingerprint density at radius 2 is 1.79 bits per heavy atom. The number of likely N-dealkylation sites (N-methyl/N-ethyl adjacent to an activating group) is 1. The average Bonchev–Trinajstić information content (AvgIpc) is 3.31. The molecule has 0 aliphatic carbocycles. The summed E-state index contributed by atoms with van der Waals surface area (Å²) in [5, 5.41) is 9.00. The minimum absolute atomic E-state index is 0.0108. The van der Waals surface area contributed by atoms with E-state index in [1.807, 2.05) is 26.0 Å². The van der Waals surface area contributed by atoms with Gasteiger partial charge in [0, 0.05) is 36.2 Å². The van der Waals surface area contributed by atoms with Crippen LogP contribution in [0.5, 0.6) is 0 Å². The Balaban J connectivity index is 1.54. The van der Waals surface area contributed by atoms with Crippen LogP contribution in [0.25, 0.3) is 0 Å². The third-order valence-corrected chi connectivity index (χ3v) is 8.97. The SMILES string of the molecule is CN[C@@H](C)C(=O)N[C@H]1CN(C(=O)CC(C)C)CC[C@H]2CC[C@@H](C(=O)NC3CCSc4ccccc43)N2C1=O. The molecule has 1 aromatic carbocycles. The molecule has 3 aliphatic heterocycles. The molecule has 10 heteroatoms. The molecule has 0 aromatic heterocycles. The van der Waals surface area contributed by atoms with Gasteiger partial charge >= 0.3 is 0 Å². The Morgan fingerprint density at radius 1 is 1.03 bits per heavy atom. The van der Waals surface area contributed by atoms with Gasteiger partial charge in [0.05, 0.1) is 12.1 Å². The van der Waals surface area contributed by atoms with Gasteiger partial charge in [-0.05, 0) is 57.2 Å². The van der Waals surface area contributed by atoms with Gasteiger partial charge < -0.3 is 25.8 Å². The standard InChI is InChI=1S/C28H41N5O4S/c1-17(2)15-25(34)32-13-11-19-9-10-23(33(19)28(37)22(16-32)31-26(35)18(3)29-4)27(36)30-21-12-14-38-24-8-6-5-7-20(21)24/h5-8,17-19,21-23,29H,9-16H2,1-4H3,(H,30,36)(H,31,35)/t18-,19+,21?,22-,23-/m0/s1. The predicted molar refractivity (Wildman–Crippen MR) is 147 cm³/mol. The first-order chi connectivity index (χ1) is 18.2. The van der Waals surface area contributed by atoms with Crippen LogP contribution in [0.2, 0.25) is 0 Å². The van der Waals surface area contributed by atoms with Crippen LogP contribution in [0.4, 0.5) is 0 Å². The van der Waals surface area contributed by atoms with Crippen molar-refractivity contribution in [3.63, 3.8) is 0 Å². The summed E-state index contributed by atoms with van der Waals surface area (Å²) < 4.78 is 0. The molecule has 38 heavy (non-hydrogen) atoms. The summed E-state index contributed by atoms with van der Waals surface area (Å²) >= 11 is 1.80. The third-order valence-electron chi connectivity index (χ3n) is 7.85. The van der Waals surface area contributed by atoms with E-state index in [0.717, 1.165) is 17.7 Å². The number of amides is 4. The van der Waals surface area contributed by atoms with E-state index in [1.165, 1.54) is 4.90 Å². The summed E-state index contributed by atoms with van der Waals surface area (Å²) in [6.07, 6.45) is 3.11. The van der Waals surface area contributed by atoms with Gasteiger partial charge in [-0.3, -0.25) is 19.2 Å². The van der Waals surface area contributed by atoms with Crippen molar-refractivity contribution in [2.75, 3.05) is 25.9 Å². The van der Waals surface area contributed by atoms with Crippen molar-refractivity contribution in [3.05, 3.63) is 29.8 Å².